The van der Waals surface area contributed by atoms with Crippen molar-refractivity contribution in [1.82, 2.24) is 25.0 Å². The molecule has 5 rings (SSSR count). The zero-order chi connectivity index (χ0) is 26.1. The van der Waals surface area contributed by atoms with Crippen molar-refractivity contribution in [3.8, 4) is 5.69 Å². The van der Waals surface area contributed by atoms with Gasteiger partial charge in [-0.1, -0.05) is 12.1 Å². The fourth-order valence-electron chi connectivity index (χ4n) is 4.81. The highest BCUT2D eigenvalue weighted by Crippen LogP contribution is 2.49. The predicted molar refractivity (Wildman–Crippen MR) is 139 cm³/mol. The minimum Gasteiger partial charge on any atom is -0.380 e. The van der Waals surface area contributed by atoms with Crippen molar-refractivity contribution >= 4 is 28.3 Å². The maximum absolute atomic E-state index is 13.2. The van der Waals surface area contributed by atoms with Crippen molar-refractivity contribution in [3.05, 3.63) is 58.9 Å². The van der Waals surface area contributed by atoms with Crippen LogP contribution >= 0.6 is 11.3 Å². The molecule has 1 aromatic carbocycles. The fourth-order valence-corrected chi connectivity index (χ4v) is 5.95. The summed E-state index contributed by atoms with van der Waals surface area (Å²) >= 11 is 1.61. The third-order valence-electron chi connectivity index (χ3n) is 7.04. The standard InChI is InChI=1S/C26H32N6O4S/c1-15(16-8-10-18(11-9-16)32-14-4-12-28-32)29-24(35)21(33)22(34)25(36)31-13-3-5-19(31)20-23(17-6-7-17)37-26(27-2)30-20/h4,8-12,14-15,17,19,21-22,33-34H,3,5-7,13H2,1-2H3,(H,27,30)(H,29,35)/t15-,19?,21-,22-/m1/s1. The lowest BCUT2D eigenvalue weighted by molar-refractivity contribution is -0.154. The first-order valence-corrected chi connectivity index (χ1v) is 13.4. The number of nitrogens with one attached hydrogen (secondary N) is 2. The monoisotopic (exact) mass is 524 g/mol. The first-order valence-electron chi connectivity index (χ1n) is 12.6. The summed E-state index contributed by atoms with van der Waals surface area (Å²) < 4.78 is 1.73. The summed E-state index contributed by atoms with van der Waals surface area (Å²) in [5.41, 5.74) is 2.56. The van der Waals surface area contributed by atoms with Crippen molar-refractivity contribution in [2.24, 2.45) is 0 Å². The summed E-state index contributed by atoms with van der Waals surface area (Å²) in [7, 11) is 1.82. The van der Waals surface area contributed by atoms with E-state index in [9.17, 15) is 19.8 Å². The van der Waals surface area contributed by atoms with Crippen LogP contribution in [0.25, 0.3) is 5.69 Å². The smallest absolute Gasteiger partial charge is 0.255 e. The second kappa shape index (κ2) is 10.6. The van der Waals surface area contributed by atoms with Crippen molar-refractivity contribution in [2.45, 2.75) is 62.8 Å². The number of benzene rings is 1. The van der Waals surface area contributed by atoms with E-state index in [-0.39, 0.29) is 6.04 Å². The van der Waals surface area contributed by atoms with Crippen molar-refractivity contribution in [1.29, 1.82) is 0 Å². The SMILES string of the molecule is CNc1nc(C2CCCN2C(=O)[C@H](O)[C@@H](O)C(=O)N[C@H](C)c2ccc(-n3cccn3)cc2)c(C2CC2)s1. The number of aromatic nitrogens is 3. The lowest BCUT2D eigenvalue weighted by atomic mass is 10.1. The third kappa shape index (κ3) is 5.25. The molecule has 1 saturated heterocycles. The van der Waals surface area contributed by atoms with Gasteiger partial charge in [-0.15, -0.1) is 11.3 Å². The van der Waals surface area contributed by atoms with Crippen LogP contribution in [-0.2, 0) is 9.59 Å². The largest absolute Gasteiger partial charge is 0.380 e. The van der Waals surface area contributed by atoms with Crippen LogP contribution in [0.5, 0.6) is 0 Å². The minimum atomic E-state index is -1.88. The number of hydrogen-bond donors (Lipinski definition) is 4. The Hall–Kier alpha value is -3.28. The Balaban J connectivity index is 1.23. The number of amides is 2. The fraction of sp³-hybridized carbons (Fsp3) is 0.462. The van der Waals surface area contributed by atoms with Crippen molar-refractivity contribution in [2.75, 3.05) is 18.9 Å². The number of aliphatic hydroxyl groups excluding tert-OH is 2. The van der Waals surface area contributed by atoms with Crippen LogP contribution in [0, 0.1) is 0 Å². The van der Waals surface area contributed by atoms with Crippen LogP contribution in [0.1, 0.15) is 66.7 Å². The maximum atomic E-state index is 13.2. The summed E-state index contributed by atoms with van der Waals surface area (Å²) in [6, 6.07) is 8.59. The van der Waals surface area contributed by atoms with Crippen LogP contribution in [0.3, 0.4) is 0 Å². The molecule has 0 spiro atoms. The molecule has 4 N–H and O–H groups in total. The van der Waals surface area contributed by atoms with Gasteiger partial charge in [0.2, 0.25) is 0 Å². The van der Waals surface area contributed by atoms with E-state index in [2.05, 4.69) is 15.7 Å². The van der Waals surface area contributed by atoms with E-state index >= 15 is 0 Å². The van der Waals surface area contributed by atoms with E-state index in [4.69, 9.17) is 4.98 Å². The molecule has 1 unspecified atom stereocenters. The molecular weight excluding hydrogens is 492 g/mol. The molecule has 10 nitrogen and oxygen atoms in total. The van der Waals surface area contributed by atoms with Gasteiger partial charge in [0.1, 0.15) is 0 Å². The quantitative estimate of drug-likeness (QED) is 0.338. The van der Waals surface area contributed by atoms with E-state index in [1.807, 2.05) is 43.6 Å². The summed E-state index contributed by atoms with van der Waals surface area (Å²) in [5.74, 6) is -0.976. The zero-order valence-corrected chi connectivity index (χ0v) is 21.7. The lowest BCUT2D eigenvalue weighted by Gasteiger charge is -2.28. The summed E-state index contributed by atoms with van der Waals surface area (Å²) in [6.07, 6.45) is 3.52. The summed E-state index contributed by atoms with van der Waals surface area (Å²) in [4.78, 5) is 33.5. The molecule has 1 aliphatic heterocycles. The van der Waals surface area contributed by atoms with E-state index < -0.39 is 30.1 Å². The number of hydrogen-bond acceptors (Lipinski definition) is 8. The molecule has 2 aliphatic rings. The highest BCUT2D eigenvalue weighted by molar-refractivity contribution is 7.15. The average Bonchev–Trinajstić information content (AvgIpc) is 3.31. The first kappa shape index (κ1) is 25.4. The highest BCUT2D eigenvalue weighted by atomic mass is 32.1. The van der Waals surface area contributed by atoms with Gasteiger partial charge in [-0.2, -0.15) is 5.10 Å². The van der Waals surface area contributed by atoms with Crippen LogP contribution in [0.4, 0.5) is 5.13 Å². The van der Waals surface area contributed by atoms with Gasteiger partial charge in [0, 0.05) is 30.9 Å². The lowest BCUT2D eigenvalue weighted by Crippen LogP contribution is -2.51. The summed E-state index contributed by atoms with van der Waals surface area (Å²) in [6.45, 7) is 2.23. The van der Waals surface area contributed by atoms with E-state index in [0.717, 1.165) is 47.8 Å². The molecule has 2 amide bonds. The number of carbonyl (C=O) groups is 2. The second-order valence-electron chi connectivity index (χ2n) is 9.64. The van der Waals surface area contributed by atoms with E-state index in [1.54, 1.807) is 34.0 Å². The predicted octanol–water partition coefficient (Wildman–Crippen LogP) is 2.51. The van der Waals surface area contributed by atoms with Gasteiger partial charge in [-0.25, -0.2) is 9.67 Å². The van der Waals surface area contributed by atoms with Crippen LogP contribution in [0.15, 0.2) is 42.7 Å². The highest BCUT2D eigenvalue weighted by Gasteiger charge is 2.42. The topological polar surface area (TPSA) is 133 Å². The number of rotatable bonds is 9. The van der Waals surface area contributed by atoms with Gasteiger partial charge in [-0.3, -0.25) is 9.59 Å². The molecule has 3 aromatic rings. The number of carbonyl (C=O) groups excluding carboxylic acids is 2. The summed E-state index contributed by atoms with van der Waals surface area (Å²) in [5, 5.41) is 32.1. The Morgan fingerprint density at radius 3 is 2.54 bits per heavy atom. The molecule has 196 valence electrons. The van der Waals surface area contributed by atoms with Crippen LogP contribution in [0.2, 0.25) is 0 Å². The number of thiazole rings is 1. The van der Waals surface area contributed by atoms with Gasteiger partial charge in [0.15, 0.2) is 17.3 Å². The zero-order valence-electron chi connectivity index (χ0n) is 20.9. The van der Waals surface area contributed by atoms with Crippen LogP contribution in [-0.4, -0.2) is 67.5 Å². The van der Waals surface area contributed by atoms with Gasteiger partial charge >= 0.3 is 0 Å². The first-order chi connectivity index (χ1) is 17.9. The third-order valence-corrected chi connectivity index (χ3v) is 8.29. The molecule has 2 fully saturated rings. The maximum Gasteiger partial charge on any atom is 0.255 e. The van der Waals surface area contributed by atoms with Crippen molar-refractivity contribution < 1.29 is 19.8 Å². The van der Waals surface area contributed by atoms with Gasteiger partial charge in [-0.05, 0) is 62.3 Å². The Labute approximate surface area is 219 Å². The van der Waals surface area contributed by atoms with Crippen LogP contribution < -0.4 is 10.6 Å². The Kier molecular flexibility index (Phi) is 7.27. The molecule has 3 heterocycles. The molecule has 0 radical (unpaired) electrons. The number of aliphatic hydroxyl groups is 2. The number of likely N-dealkylation sites (tertiary alicyclic amines) is 1. The molecular formula is C26H32N6O4S. The van der Waals surface area contributed by atoms with Gasteiger partial charge in [0.05, 0.1) is 23.5 Å². The molecule has 1 aliphatic carbocycles. The number of anilines is 1. The molecule has 0 bridgehead atoms. The Morgan fingerprint density at radius 2 is 1.89 bits per heavy atom. The molecule has 4 atom stereocenters. The molecule has 2 aromatic heterocycles. The van der Waals surface area contributed by atoms with E-state index in [0.29, 0.717) is 12.5 Å². The average molecular weight is 525 g/mol. The van der Waals surface area contributed by atoms with Gasteiger partial charge in [0.25, 0.3) is 11.8 Å². The minimum absolute atomic E-state index is 0.265. The van der Waals surface area contributed by atoms with Crippen molar-refractivity contribution in [3.63, 3.8) is 0 Å². The number of nitrogens with zero attached hydrogens (tertiary/aromatic N) is 4. The molecule has 37 heavy (non-hydrogen) atoms. The molecule has 1 saturated carbocycles. The molecule has 11 heteroatoms. The normalized spacial score (nSPS) is 19.9. The Bertz CT molecular complexity index is 1240. The Morgan fingerprint density at radius 1 is 1.14 bits per heavy atom. The van der Waals surface area contributed by atoms with E-state index in [1.165, 1.54) is 4.88 Å². The second-order valence-corrected chi connectivity index (χ2v) is 10.7. The van der Waals surface area contributed by atoms with Gasteiger partial charge < -0.3 is 25.7 Å².